The molecule has 5 aliphatic rings. The highest BCUT2D eigenvalue weighted by molar-refractivity contribution is 5.85. The Bertz CT molecular complexity index is 593. The lowest BCUT2D eigenvalue weighted by atomic mass is 9.48. The van der Waals surface area contributed by atoms with Crippen molar-refractivity contribution in [3.63, 3.8) is 0 Å². The molecular weight excluding hydrogens is 308 g/mol. The Morgan fingerprint density at radius 2 is 1.92 bits per heavy atom. The van der Waals surface area contributed by atoms with E-state index < -0.39 is 0 Å². The predicted molar refractivity (Wildman–Crippen MR) is 98.8 cm³/mol. The Morgan fingerprint density at radius 1 is 1.04 bits per heavy atom. The number of esters is 1. The molecule has 0 radical (unpaired) electrons. The van der Waals surface area contributed by atoms with Gasteiger partial charge >= 0.3 is 5.97 Å². The van der Waals surface area contributed by atoms with E-state index in [0.29, 0.717) is 17.9 Å². The molecule has 0 N–H and O–H groups in total. The van der Waals surface area contributed by atoms with Crippen molar-refractivity contribution in [3.05, 3.63) is 11.6 Å². The summed E-state index contributed by atoms with van der Waals surface area (Å²) < 4.78 is 5.26. The molecule has 4 fully saturated rings. The molecule has 0 aromatic heterocycles. The third-order valence-electron chi connectivity index (χ3n) is 9.43. The van der Waals surface area contributed by atoms with E-state index in [1.165, 1.54) is 63.4 Å². The molecule has 0 saturated heterocycles. The van der Waals surface area contributed by atoms with Gasteiger partial charge in [-0.25, -0.2) is 4.79 Å². The van der Waals surface area contributed by atoms with Crippen molar-refractivity contribution in [1.82, 2.24) is 0 Å². The molecule has 0 bridgehead atoms. The summed E-state index contributed by atoms with van der Waals surface area (Å²) in [4.78, 5) is 11.6. The van der Waals surface area contributed by atoms with Gasteiger partial charge < -0.3 is 4.74 Å². The van der Waals surface area contributed by atoms with E-state index in [4.69, 9.17) is 4.74 Å². The van der Waals surface area contributed by atoms with Crippen LogP contribution in [0, 0.1) is 46.8 Å². The Labute approximate surface area is 152 Å². The molecule has 0 spiro atoms. The van der Waals surface area contributed by atoms with Gasteiger partial charge in [0.2, 0.25) is 0 Å². The normalized spacial score (nSPS) is 52.0. The van der Waals surface area contributed by atoms with Crippen molar-refractivity contribution in [2.75, 3.05) is 6.61 Å². The first-order valence-corrected chi connectivity index (χ1v) is 10.9. The summed E-state index contributed by atoms with van der Waals surface area (Å²) in [5, 5.41) is 0. The summed E-state index contributed by atoms with van der Waals surface area (Å²) >= 11 is 0. The van der Waals surface area contributed by atoms with Crippen molar-refractivity contribution < 1.29 is 9.53 Å². The van der Waals surface area contributed by atoms with Crippen LogP contribution in [0.25, 0.3) is 0 Å². The van der Waals surface area contributed by atoms with E-state index in [1.54, 1.807) is 0 Å². The smallest absolute Gasteiger partial charge is 0.331 e. The third kappa shape index (κ3) is 2.38. The maximum atomic E-state index is 11.6. The molecule has 5 rings (SSSR count). The zero-order valence-corrected chi connectivity index (χ0v) is 16.0. The monoisotopic (exact) mass is 342 g/mol. The van der Waals surface area contributed by atoms with Gasteiger partial charge in [-0.3, -0.25) is 0 Å². The summed E-state index contributed by atoms with van der Waals surface area (Å²) in [6.07, 6.45) is 14.8. The van der Waals surface area contributed by atoms with Crippen LogP contribution in [0.15, 0.2) is 11.6 Å². The van der Waals surface area contributed by atoms with Crippen LogP contribution >= 0.6 is 0 Å². The van der Waals surface area contributed by atoms with Crippen molar-refractivity contribution in [3.8, 4) is 0 Å². The van der Waals surface area contributed by atoms with Gasteiger partial charge in [0.15, 0.2) is 0 Å². The van der Waals surface area contributed by atoms with Crippen molar-refractivity contribution in [1.29, 1.82) is 0 Å². The molecule has 2 heteroatoms. The molecule has 25 heavy (non-hydrogen) atoms. The standard InChI is InChI=1S/C23H34O2/c1-14-4-3-5-15-6-7-17-18(22(14)15)10-11-23(2)19(8-9-20(17)23)16-12-21(24)25-13-16/h12,14-15,17-20,22H,3-11,13H2,1-2H3/t14?,15?,17-,18+,19-,20-,22?,23-/m1/s1. The molecule has 138 valence electrons. The summed E-state index contributed by atoms with van der Waals surface area (Å²) in [5.41, 5.74) is 1.74. The summed E-state index contributed by atoms with van der Waals surface area (Å²) in [5.74, 6) is 6.37. The zero-order chi connectivity index (χ0) is 17.2. The van der Waals surface area contributed by atoms with E-state index in [2.05, 4.69) is 13.8 Å². The van der Waals surface area contributed by atoms with Crippen LogP contribution < -0.4 is 0 Å². The SMILES string of the molecule is CC1CCCC2CC[C@@H]3[C@H](CC[C@]4(C)[C@@H](C5=CC(=O)OC5)CC[C@H]34)C12. The summed E-state index contributed by atoms with van der Waals surface area (Å²) in [6, 6.07) is 0. The minimum Gasteiger partial charge on any atom is -0.458 e. The predicted octanol–water partition coefficient (Wildman–Crippen LogP) is 5.37. The minimum atomic E-state index is -0.104. The van der Waals surface area contributed by atoms with Gasteiger partial charge in [-0.05, 0) is 90.9 Å². The van der Waals surface area contributed by atoms with E-state index in [0.717, 1.165) is 35.5 Å². The first-order chi connectivity index (χ1) is 12.1. The number of carbonyl (C=O) groups excluding carboxylic acids is 1. The third-order valence-corrected chi connectivity index (χ3v) is 9.43. The number of hydrogen-bond donors (Lipinski definition) is 0. The number of rotatable bonds is 1. The van der Waals surface area contributed by atoms with Crippen LogP contribution in [0.4, 0.5) is 0 Å². The molecular formula is C23H34O2. The fourth-order valence-corrected chi connectivity index (χ4v) is 8.48. The van der Waals surface area contributed by atoms with Gasteiger partial charge in [0, 0.05) is 6.08 Å². The van der Waals surface area contributed by atoms with Crippen molar-refractivity contribution in [2.45, 2.75) is 71.6 Å². The van der Waals surface area contributed by atoms with E-state index in [9.17, 15) is 4.79 Å². The lowest BCUT2D eigenvalue weighted by Gasteiger charge is -2.57. The number of hydrogen-bond acceptors (Lipinski definition) is 2. The molecule has 0 aromatic rings. The molecule has 3 unspecified atom stereocenters. The van der Waals surface area contributed by atoms with Gasteiger partial charge in [0.05, 0.1) is 0 Å². The van der Waals surface area contributed by atoms with E-state index >= 15 is 0 Å². The Kier molecular flexibility index (Phi) is 3.84. The fourth-order valence-electron chi connectivity index (χ4n) is 8.48. The quantitative estimate of drug-likeness (QED) is 0.598. The number of carbonyl (C=O) groups is 1. The van der Waals surface area contributed by atoms with Crippen molar-refractivity contribution in [2.24, 2.45) is 46.8 Å². The summed E-state index contributed by atoms with van der Waals surface area (Å²) in [7, 11) is 0. The lowest BCUT2D eigenvalue weighted by molar-refractivity contribution is -0.135. The second-order valence-electron chi connectivity index (χ2n) is 10.3. The van der Waals surface area contributed by atoms with Crippen LogP contribution in [0.3, 0.4) is 0 Å². The Hall–Kier alpha value is -0.790. The number of fused-ring (bicyclic) bond motifs is 5. The number of ether oxygens (including phenoxy) is 1. The molecule has 1 aliphatic heterocycles. The highest BCUT2D eigenvalue weighted by Crippen LogP contribution is 2.65. The number of cyclic esters (lactones) is 1. The van der Waals surface area contributed by atoms with Crippen LogP contribution in [-0.4, -0.2) is 12.6 Å². The van der Waals surface area contributed by atoms with Crippen LogP contribution in [-0.2, 0) is 9.53 Å². The minimum absolute atomic E-state index is 0.104. The lowest BCUT2D eigenvalue weighted by Crippen LogP contribution is -2.49. The maximum Gasteiger partial charge on any atom is 0.331 e. The summed E-state index contributed by atoms with van der Waals surface area (Å²) in [6.45, 7) is 5.68. The Morgan fingerprint density at radius 3 is 2.72 bits per heavy atom. The topological polar surface area (TPSA) is 26.3 Å². The van der Waals surface area contributed by atoms with Gasteiger partial charge in [-0.1, -0.05) is 33.1 Å². The van der Waals surface area contributed by atoms with Gasteiger partial charge in [-0.15, -0.1) is 0 Å². The first kappa shape index (κ1) is 16.4. The molecule has 0 amide bonds. The van der Waals surface area contributed by atoms with Crippen LogP contribution in [0.2, 0.25) is 0 Å². The van der Waals surface area contributed by atoms with Crippen molar-refractivity contribution >= 4 is 5.97 Å². The average Bonchev–Trinajstić information content (AvgIpc) is 3.17. The van der Waals surface area contributed by atoms with Gasteiger partial charge in [0.25, 0.3) is 0 Å². The fraction of sp³-hybridized carbons (Fsp3) is 0.870. The molecule has 2 nitrogen and oxygen atoms in total. The van der Waals surface area contributed by atoms with Gasteiger partial charge in [-0.2, -0.15) is 0 Å². The second-order valence-corrected chi connectivity index (χ2v) is 10.3. The highest BCUT2D eigenvalue weighted by Gasteiger charge is 2.58. The largest absolute Gasteiger partial charge is 0.458 e. The zero-order valence-electron chi connectivity index (χ0n) is 16.0. The van der Waals surface area contributed by atoms with Crippen LogP contribution in [0.1, 0.15) is 71.6 Å². The second kappa shape index (κ2) is 5.86. The molecule has 1 heterocycles. The molecule has 4 saturated carbocycles. The van der Waals surface area contributed by atoms with E-state index in [-0.39, 0.29) is 5.97 Å². The van der Waals surface area contributed by atoms with Gasteiger partial charge in [0.1, 0.15) is 6.61 Å². The Balaban J connectivity index is 1.41. The highest BCUT2D eigenvalue weighted by atomic mass is 16.5. The van der Waals surface area contributed by atoms with Crippen LogP contribution in [0.5, 0.6) is 0 Å². The average molecular weight is 343 g/mol. The van der Waals surface area contributed by atoms with E-state index in [1.807, 2.05) is 6.08 Å². The first-order valence-electron chi connectivity index (χ1n) is 10.9. The molecule has 4 aliphatic carbocycles. The maximum absolute atomic E-state index is 11.6. The molecule has 0 aromatic carbocycles. The molecule has 8 atom stereocenters.